The van der Waals surface area contributed by atoms with Crippen molar-refractivity contribution in [1.29, 1.82) is 0 Å². The highest BCUT2D eigenvalue weighted by atomic mass is 16.5. The van der Waals surface area contributed by atoms with E-state index >= 15 is 0 Å². The van der Waals surface area contributed by atoms with Crippen LogP contribution in [0.1, 0.15) is 10.5 Å². The van der Waals surface area contributed by atoms with Crippen molar-refractivity contribution >= 4 is 11.6 Å². The molecule has 2 heterocycles. The lowest BCUT2D eigenvalue weighted by Gasteiger charge is -2.02. The van der Waals surface area contributed by atoms with Gasteiger partial charge in [0.2, 0.25) is 0 Å². The Hall–Kier alpha value is -2.15. The fraction of sp³-hybridized carbons (Fsp3) is 0.300. The number of ether oxygens (including phenoxy) is 1. The predicted molar refractivity (Wildman–Crippen MR) is 60.4 cm³/mol. The van der Waals surface area contributed by atoms with Crippen molar-refractivity contribution in [3.63, 3.8) is 0 Å². The van der Waals surface area contributed by atoms with Crippen molar-refractivity contribution < 1.29 is 9.53 Å². The van der Waals surface area contributed by atoms with Crippen molar-refractivity contribution in [2.24, 2.45) is 7.05 Å². The van der Waals surface area contributed by atoms with Gasteiger partial charge < -0.3 is 10.1 Å². The van der Waals surface area contributed by atoms with E-state index in [0.29, 0.717) is 18.1 Å². The van der Waals surface area contributed by atoms with Gasteiger partial charge in [-0.15, -0.1) is 0 Å². The topological polar surface area (TPSA) is 74.0 Å². The molecule has 90 valence electrons. The van der Waals surface area contributed by atoms with Gasteiger partial charge in [0, 0.05) is 20.4 Å². The van der Waals surface area contributed by atoms with Crippen LogP contribution in [0, 0.1) is 0 Å². The summed E-state index contributed by atoms with van der Waals surface area (Å²) in [6.07, 6.45) is 4.83. The maximum Gasteiger partial charge on any atom is 0.274 e. The lowest BCUT2D eigenvalue weighted by Crippen LogP contribution is -2.15. The van der Waals surface area contributed by atoms with E-state index < -0.39 is 0 Å². The summed E-state index contributed by atoms with van der Waals surface area (Å²) in [6, 6.07) is 1.65. The average molecular weight is 235 g/mol. The molecule has 2 aromatic heterocycles. The van der Waals surface area contributed by atoms with Crippen LogP contribution in [0.15, 0.2) is 24.7 Å². The summed E-state index contributed by atoms with van der Waals surface area (Å²) < 4.78 is 8.00. The number of carbonyl (C=O) groups is 1. The molecule has 7 heteroatoms. The van der Waals surface area contributed by atoms with E-state index in [9.17, 15) is 4.79 Å². The molecule has 2 aromatic rings. The summed E-state index contributed by atoms with van der Waals surface area (Å²) in [7, 11) is 3.29. The van der Waals surface area contributed by atoms with Crippen molar-refractivity contribution in [3.8, 4) is 0 Å². The Balaban J connectivity index is 2.05. The summed E-state index contributed by atoms with van der Waals surface area (Å²) >= 11 is 0. The number of carbonyl (C=O) groups excluding carboxylic acids is 1. The van der Waals surface area contributed by atoms with Crippen LogP contribution in [0.25, 0.3) is 0 Å². The van der Waals surface area contributed by atoms with Crippen LogP contribution in [0.4, 0.5) is 5.69 Å². The molecular formula is C10H13N5O2. The minimum absolute atomic E-state index is 0.220. The summed E-state index contributed by atoms with van der Waals surface area (Å²) in [6.45, 7) is 0.349. The normalized spacial score (nSPS) is 10.5. The average Bonchev–Trinajstić information content (AvgIpc) is 2.88. The Morgan fingerprint density at radius 2 is 2.35 bits per heavy atom. The van der Waals surface area contributed by atoms with Crippen LogP contribution in [-0.2, 0) is 18.5 Å². The molecule has 0 saturated carbocycles. The van der Waals surface area contributed by atoms with Crippen LogP contribution in [-0.4, -0.2) is 32.6 Å². The van der Waals surface area contributed by atoms with E-state index in [1.165, 1.54) is 4.68 Å². The highest BCUT2D eigenvalue weighted by molar-refractivity contribution is 6.02. The summed E-state index contributed by atoms with van der Waals surface area (Å²) in [5.74, 6) is -0.220. The molecule has 0 aliphatic carbocycles. The van der Waals surface area contributed by atoms with Crippen LogP contribution in [0.3, 0.4) is 0 Å². The summed E-state index contributed by atoms with van der Waals surface area (Å²) in [4.78, 5) is 11.8. The SMILES string of the molecule is COCn1cc(NC(=O)c2ccnn2C)cn1. The molecule has 0 spiro atoms. The lowest BCUT2D eigenvalue weighted by molar-refractivity contribution is 0.101. The van der Waals surface area contributed by atoms with E-state index in [0.717, 1.165) is 0 Å². The first-order chi connectivity index (χ1) is 8.20. The second kappa shape index (κ2) is 4.79. The third-order valence-corrected chi connectivity index (χ3v) is 2.21. The number of amides is 1. The summed E-state index contributed by atoms with van der Waals surface area (Å²) in [5.41, 5.74) is 1.11. The highest BCUT2D eigenvalue weighted by Crippen LogP contribution is 2.07. The molecule has 0 aliphatic heterocycles. The predicted octanol–water partition coefficient (Wildman–Crippen LogP) is 0.473. The molecule has 1 N–H and O–H groups in total. The zero-order valence-electron chi connectivity index (χ0n) is 9.62. The monoisotopic (exact) mass is 235 g/mol. The Morgan fingerprint density at radius 1 is 1.53 bits per heavy atom. The van der Waals surface area contributed by atoms with Crippen LogP contribution >= 0.6 is 0 Å². The molecule has 0 aromatic carbocycles. The first kappa shape index (κ1) is 11.3. The van der Waals surface area contributed by atoms with E-state index in [1.54, 1.807) is 43.5 Å². The molecular weight excluding hydrogens is 222 g/mol. The van der Waals surface area contributed by atoms with Crippen molar-refractivity contribution in [1.82, 2.24) is 19.6 Å². The van der Waals surface area contributed by atoms with Gasteiger partial charge in [0.1, 0.15) is 12.4 Å². The molecule has 0 radical (unpaired) electrons. The zero-order valence-corrected chi connectivity index (χ0v) is 9.62. The number of nitrogens with zero attached hydrogens (tertiary/aromatic N) is 4. The molecule has 0 fully saturated rings. The molecule has 0 bridgehead atoms. The number of aryl methyl sites for hydroxylation is 1. The molecule has 0 saturated heterocycles. The highest BCUT2D eigenvalue weighted by Gasteiger charge is 2.10. The van der Waals surface area contributed by atoms with E-state index in [1.807, 2.05) is 0 Å². The molecule has 1 amide bonds. The Labute approximate surface area is 98.0 Å². The number of nitrogens with one attached hydrogen (secondary N) is 1. The minimum atomic E-state index is -0.220. The van der Waals surface area contributed by atoms with E-state index in [-0.39, 0.29) is 5.91 Å². The number of methoxy groups -OCH3 is 1. The maximum absolute atomic E-state index is 11.8. The van der Waals surface area contributed by atoms with Crippen LogP contribution in [0.2, 0.25) is 0 Å². The van der Waals surface area contributed by atoms with Crippen LogP contribution in [0.5, 0.6) is 0 Å². The van der Waals surface area contributed by atoms with Crippen LogP contribution < -0.4 is 5.32 Å². The zero-order chi connectivity index (χ0) is 12.3. The Kier molecular flexibility index (Phi) is 3.20. The van der Waals surface area contributed by atoms with E-state index in [2.05, 4.69) is 15.5 Å². The first-order valence-electron chi connectivity index (χ1n) is 5.01. The van der Waals surface area contributed by atoms with E-state index in [4.69, 9.17) is 4.74 Å². The molecule has 2 rings (SSSR count). The van der Waals surface area contributed by atoms with Crippen molar-refractivity contribution in [2.75, 3.05) is 12.4 Å². The van der Waals surface area contributed by atoms with Gasteiger partial charge >= 0.3 is 0 Å². The second-order valence-electron chi connectivity index (χ2n) is 3.48. The second-order valence-corrected chi connectivity index (χ2v) is 3.48. The van der Waals surface area contributed by atoms with Gasteiger partial charge in [-0.05, 0) is 6.07 Å². The quantitative estimate of drug-likeness (QED) is 0.836. The molecule has 17 heavy (non-hydrogen) atoms. The number of aromatic nitrogens is 4. The van der Waals surface area contributed by atoms with Crippen molar-refractivity contribution in [2.45, 2.75) is 6.73 Å². The Morgan fingerprint density at radius 3 is 3.00 bits per heavy atom. The van der Waals surface area contributed by atoms with Crippen molar-refractivity contribution in [3.05, 3.63) is 30.4 Å². The van der Waals surface area contributed by atoms with Gasteiger partial charge in [-0.25, -0.2) is 4.68 Å². The number of hydrogen-bond donors (Lipinski definition) is 1. The standard InChI is InChI=1S/C10H13N5O2/c1-14-9(3-4-11-14)10(16)13-8-5-12-15(6-8)7-17-2/h3-6H,7H2,1-2H3,(H,13,16). The van der Waals surface area contributed by atoms with Gasteiger partial charge in [0.15, 0.2) is 0 Å². The largest absolute Gasteiger partial charge is 0.362 e. The van der Waals surface area contributed by atoms with Gasteiger partial charge in [-0.3, -0.25) is 9.48 Å². The fourth-order valence-electron chi connectivity index (χ4n) is 1.42. The molecule has 7 nitrogen and oxygen atoms in total. The van der Waals surface area contributed by atoms with Gasteiger partial charge in [-0.1, -0.05) is 0 Å². The lowest BCUT2D eigenvalue weighted by atomic mass is 10.4. The fourth-order valence-corrected chi connectivity index (χ4v) is 1.42. The number of rotatable bonds is 4. The Bertz CT molecular complexity index is 516. The van der Waals surface area contributed by atoms with Gasteiger partial charge in [-0.2, -0.15) is 10.2 Å². The first-order valence-corrected chi connectivity index (χ1v) is 5.01. The number of hydrogen-bond acceptors (Lipinski definition) is 4. The van der Waals surface area contributed by atoms with Gasteiger partial charge in [0.25, 0.3) is 5.91 Å². The maximum atomic E-state index is 11.8. The van der Waals surface area contributed by atoms with Gasteiger partial charge in [0.05, 0.1) is 18.1 Å². The smallest absolute Gasteiger partial charge is 0.274 e. The summed E-state index contributed by atoms with van der Waals surface area (Å²) in [5, 5.41) is 10.7. The minimum Gasteiger partial charge on any atom is -0.362 e. The number of anilines is 1. The third-order valence-electron chi connectivity index (χ3n) is 2.21. The third kappa shape index (κ3) is 2.51. The molecule has 0 unspecified atom stereocenters. The molecule has 0 aliphatic rings. The molecule has 0 atom stereocenters.